The van der Waals surface area contributed by atoms with Crippen molar-refractivity contribution < 1.29 is 14.3 Å². The van der Waals surface area contributed by atoms with Crippen LogP contribution in [0.25, 0.3) is 11.1 Å². The highest BCUT2D eigenvalue weighted by Gasteiger charge is 2.10. The fourth-order valence-corrected chi connectivity index (χ4v) is 1.91. The Hall–Kier alpha value is -2.29. The monoisotopic (exact) mass is 256 g/mol. The quantitative estimate of drug-likeness (QED) is 0.789. The van der Waals surface area contributed by atoms with Crippen LogP contribution in [-0.4, -0.2) is 20.2 Å². The molecule has 3 heteroatoms. The average molecular weight is 256 g/mol. The standard InChI is InChI=1S/C16H16O3/c1-11-4-5-13(10-15(11)16(17)19-3)12-6-8-14(18-2)9-7-12/h4-10H,1-3H3. The molecular formula is C16H16O3. The highest BCUT2D eigenvalue weighted by molar-refractivity contribution is 5.92. The largest absolute Gasteiger partial charge is 0.497 e. The summed E-state index contributed by atoms with van der Waals surface area (Å²) in [4.78, 5) is 11.7. The molecule has 0 aliphatic carbocycles. The number of ether oxygens (including phenoxy) is 2. The molecular weight excluding hydrogens is 240 g/mol. The summed E-state index contributed by atoms with van der Waals surface area (Å²) in [5.41, 5.74) is 3.51. The number of hydrogen-bond donors (Lipinski definition) is 0. The molecule has 0 heterocycles. The van der Waals surface area contributed by atoms with Crippen molar-refractivity contribution in [2.45, 2.75) is 6.92 Å². The van der Waals surface area contributed by atoms with Crippen molar-refractivity contribution in [2.24, 2.45) is 0 Å². The highest BCUT2D eigenvalue weighted by atomic mass is 16.5. The lowest BCUT2D eigenvalue weighted by molar-refractivity contribution is 0.0600. The summed E-state index contributed by atoms with van der Waals surface area (Å²) in [7, 11) is 3.03. The van der Waals surface area contributed by atoms with Gasteiger partial charge in [-0.1, -0.05) is 24.3 Å². The number of methoxy groups -OCH3 is 2. The molecule has 3 nitrogen and oxygen atoms in total. The highest BCUT2D eigenvalue weighted by Crippen LogP contribution is 2.24. The van der Waals surface area contributed by atoms with Crippen molar-refractivity contribution in [3.8, 4) is 16.9 Å². The lowest BCUT2D eigenvalue weighted by Gasteiger charge is -2.08. The zero-order valence-electron chi connectivity index (χ0n) is 11.3. The summed E-state index contributed by atoms with van der Waals surface area (Å²) < 4.78 is 9.91. The summed E-state index contributed by atoms with van der Waals surface area (Å²) in [6.45, 7) is 1.89. The van der Waals surface area contributed by atoms with E-state index in [1.165, 1.54) is 7.11 Å². The average Bonchev–Trinajstić information content (AvgIpc) is 2.47. The Morgan fingerprint density at radius 3 is 2.16 bits per heavy atom. The van der Waals surface area contributed by atoms with Crippen molar-refractivity contribution in [1.82, 2.24) is 0 Å². The van der Waals surface area contributed by atoms with Gasteiger partial charge in [-0.25, -0.2) is 4.79 Å². The summed E-state index contributed by atoms with van der Waals surface area (Å²) in [6, 6.07) is 13.5. The normalized spacial score (nSPS) is 10.1. The number of benzene rings is 2. The van der Waals surface area contributed by atoms with Gasteiger partial charge in [0.1, 0.15) is 5.75 Å². The number of carbonyl (C=O) groups is 1. The third-order valence-electron chi connectivity index (χ3n) is 3.07. The molecule has 0 radical (unpaired) electrons. The lowest BCUT2D eigenvalue weighted by atomic mass is 10.00. The van der Waals surface area contributed by atoms with Crippen molar-refractivity contribution in [3.05, 3.63) is 53.6 Å². The Bertz CT molecular complexity index is 585. The van der Waals surface area contributed by atoms with Gasteiger partial charge in [-0.3, -0.25) is 0 Å². The number of aryl methyl sites for hydroxylation is 1. The topological polar surface area (TPSA) is 35.5 Å². The van der Waals surface area contributed by atoms with E-state index in [1.807, 2.05) is 49.4 Å². The van der Waals surface area contributed by atoms with Crippen molar-refractivity contribution >= 4 is 5.97 Å². The predicted octanol–water partition coefficient (Wildman–Crippen LogP) is 3.46. The summed E-state index contributed by atoms with van der Waals surface area (Å²) in [5.74, 6) is 0.497. The molecule has 0 atom stereocenters. The van der Waals surface area contributed by atoms with Gasteiger partial charge in [0.15, 0.2) is 0 Å². The van der Waals surface area contributed by atoms with E-state index in [4.69, 9.17) is 9.47 Å². The van der Waals surface area contributed by atoms with E-state index in [0.29, 0.717) is 5.56 Å². The molecule has 19 heavy (non-hydrogen) atoms. The SMILES string of the molecule is COC(=O)c1cc(-c2ccc(OC)cc2)ccc1C. The fraction of sp³-hybridized carbons (Fsp3) is 0.188. The van der Waals surface area contributed by atoms with Gasteiger partial charge in [0, 0.05) is 0 Å². The van der Waals surface area contributed by atoms with Gasteiger partial charge in [0.2, 0.25) is 0 Å². The molecule has 0 aromatic heterocycles. The van der Waals surface area contributed by atoms with Crippen LogP contribution >= 0.6 is 0 Å². The number of rotatable bonds is 3. The Kier molecular flexibility index (Phi) is 3.85. The van der Waals surface area contributed by atoms with Crippen LogP contribution in [0, 0.1) is 6.92 Å². The second-order valence-corrected chi connectivity index (χ2v) is 4.25. The Balaban J connectivity index is 2.42. The predicted molar refractivity (Wildman–Crippen MR) is 74.5 cm³/mol. The molecule has 2 rings (SSSR count). The van der Waals surface area contributed by atoms with Crippen molar-refractivity contribution in [1.29, 1.82) is 0 Å². The molecule has 0 unspecified atom stereocenters. The Labute approximate surface area is 112 Å². The fourth-order valence-electron chi connectivity index (χ4n) is 1.91. The molecule has 0 aliphatic heterocycles. The van der Waals surface area contributed by atoms with Gasteiger partial charge < -0.3 is 9.47 Å². The van der Waals surface area contributed by atoms with E-state index in [9.17, 15) is 4.79 Å². The van der Waals surface area contributed by atoms with Crippen LogP contribution in [-0.2, 0) is 4.74 Å². The maximum absolute atomic E-state index is 11.7. The third kappa shape index (κ3) is 2.76. The van der Waals surface area contributed by atoms with Gasteiger partial charge in [0.25, 0.3) is 0 Å². The van der Waals surface area contributed by atoms with Crippen molar-refractivity contribution in [3.63, 3.8) is 0 Å². The Morgan fingerprint density at radius 2 is 1.58 bits per heavy atom. The van der Waals surface area contributed by atoms with Crippen LogP contribution in [0.2, 0.25) is 0 Å². The molecule has 0 spiro atoms. The van der Waals surface area contributed by atoms with Crippen LogP contribution in [0.4, 0.5) is 0 Å². The van der Waals surface area contributed by atoms with Crippen molar-refractivity contribution in [2.75, 3.05) is 14.2 Å². The molecule has 0 bridgehead atoms. The van der Waals surface area contributed by atoms with Crippen LogP contribution in [0.5, 0.6) is 5.75 Å². The van der Waals surface area contributed by atoms with E-state index in [2.05, 4.69) is 0 Å². The molecule has 0 fully saturated rings. The lowest BCUT2D eigenvalue weighted by Crippen LogP contribution is -2.03. The smallest absolute Gasteiger partial charge is 0.338 e. The minimum Gasteiger partial charge on any atom is -0.497 e. The van der Waals surface area contributed by atoms with E-state index in [0.717, 1.165) is 22.4 Å². The first-order chi connectivity index (χ1) is 9.15. The molecule has 2 aromatic rings. The first-order valence-electron chi connectivity index (χ1n) is 5.99. The van der Waals surface area contributed by atoms with E-state index >= 15 is 0 Å². The molecule has 2 aromatic carbocycles. The van der Waals surface area contributed by atoms with Gasteiger partial charge in [-0.05, 0) is 41.8 Å². The van der Waals surface area contributed by atoms with E-state index < -0.39 is 0 Å². The maximum Gasteiger partial charge on any atom is 0.338 e. The van der Waals surface area contributed by atoms with Crippen LogP contribution in [0.3, 0.4) is 0 Å². The maximum atomic E-state index is 11.7. The zero-order valence-corrected chi connectivity index (χ0v) is 11.3. The molecule has 98 valence electrons. The third-order valence-corrected chi connectivity index (χ3v) is 3.07. The molecule has 0 N–H and O–H groups in total. The second kappa shape index (κ2) is 5.57. The summed E-state index contributed by atoms with van der Waals surface area (Å²) in [5, 5.41) is 0. The van der Waals surface area contributed by atoms with E-state index in [-0.39, 0.29) is 5.97 Å². The summed E-state index contributed by atoms with van der Waals surface area (Å²) in [6.07, 6.45) is 0. The Morgan fingerprint density at radius 1 is 0.947 bits per heavy atom. The summed E-state index contributed by atoms with van der Waals surface area (Å²) >= 11 is 0. The minimum atomic E-state index is -0.312. The van der Waals surface area contributed by atoms with Gasteiger partial charge in [0.05, 0.1) is 19.8 Å². The van der Waals surface area contributed by atoms with Crippen LogP contribution in [0.15, 0.2) is 42.5 Å². The molecule has 0 saturated carbocycles. The van der Waals surface area contributed by atoms with Gasteiger partial charge in [-0.15, -0.1) is 0 Å². The number of hydrogen-bond acceptors (Lipinski definition) is 3. The zero-order chi connectivity index (χ0) is 13.8. The van der Waals surface area contributed by atoms with Gasteiger partial charge >= 0.3 is 5.97 Å². The molecule has 0 amide bonds. The van der Waals surface area contributed by atoms with Crippen LogP contribution in [0.1, 0.15) is 15.9 Å². The number of esters is 1. The first-order valence-corrected chi connectivity index (χ1v) is 5.99. The second-order valence-electron chi connectivity index (χ2n) is 4.25. The number of carbonyl (C=O) groups excluding carboxylic acids is 1. The molecule has 0 saturated heterocycles. The molecule has 0 aliphatic rings. The minimum absolute atomic E-state index is 0.312. The van der Waals surface area contributed by atoms with E-state index in [1.54, 1.807) is 7.11 Å². The van der Waals surface area contributed by atoms with Crippen LogP contribution < -0.4 is 4.74 Å². The first kappa shape index (κ1) is 13.1. The van der Waals surface area contributed by atoms with Gasteiger partial charge in [-0.2, -0.15) is 0 Å².